The Morgan fingerprint density at radius 1 is 1.06 bits per heavy atom. The fraction of sp³-hybridized carbons (Fsp3) is 0.308. The standard InChI is InChI=1S/C26H27N7O.2H2/c1-31-8-6-20(7-9-31)30-26(34)18-11-22-21(3-4-24(22)27-13-18)17-5-10-33-25(12-17)23(15-29-33)19-14-28-32(2)16-19;;/h3,5,10-16,20H,4,6-9H2,1-2H3,(H,30,34);2*1H. The van der Waals surface area contributed by atoms with E-state index in [0.29, 0.717) is 5.56 Å². The van der Waals surface area contributed by atoms with Crippen molar-refractivity contribution in [2.75, 3.05) is 20.1 Å². The summed E-state index contributed by atoms with van der Waals surface area (Å²) in [6, 6.07) is 6.44. The third-order valence-corrected chi connectivity index (χ3v) is 6.92. The van der Waals surface area contributed by atoms with Gasteiger partial charge in [-0.1, -0.05) is 6.08 Å². The number of hydrogen-bond acceptors (Lipinski definition) is 5. The predicted molar refractivity (Wildman–Crippen MR) is 135 cm³/mol. The molecule has 8 nitrogen and oxygen atoms in total. The van der Waals surface area contributed by atoms with Gasteiger partial charge in [0.05, 0.1) is 29.2 Å². The highest BCUT2D eigenvalue weighted by Crippen LogP contribution is 2.34. The zero-order chi connectivity index (χ0) is 23.2. The number of carbonyl (C=O) groups excluding carboxylic acids is 1. The molecule has 1 amide bonds. The fourth-order valence-corrected chi connectivity index (χ4v) is 4.95. The quantitative estimate of drug-likeness (QED) is 0.508. The molecule has 0 atom stereocenters. The summed E-state index contributed by atoms with van der Waals surface area (Å²) in [5, 5.41) is 12.0. The van der Waals surface area contributed by atoms with E-state index in [-0.39, 0.29) is 14.8 Å². The van der Waals surface area contributed by atoms with Crippen LogP contribution in [-0.2, 0) is 13.5 Å². The van der Waals surface area contributed by atoms with Crippen molar-refractivity contribution < 1.29 is 7.65 Å². The van der Waals surface area contributed by atoms with Crippen molar-refractivity contribution in [3.8, 4) is 11.1 Å². The molecule has 1 aliphatic heterocycles. The number of hydrogen-bond donors (Lipinski definition) is 1. The molecule has 0 saturated carbocycles. The molecule has 1 saturated heterocycles. The van der Waals surface area contributed by atoms with Gasteiger partial charge < -0.3 is 10.2 Å². The first-order valence-corrected chi connectivity index (χ1v) is 11.7. The summed E-state index contributed by atoms with van der Waals surface area (Å²) in [5.74, 6) is -0.0405. The molecule has 0 aromatic carbocycles. The number of pyridine rings is 2. The van der Waals surface area contributed by atoms with Crippen LogP contribution in [-0.4, -0.2) is 61.4 Å². The van der Waals surface area contributed by atoms with Crippen molar-refractivity contribution in [1.82, 2.24) is 34.6 Å². The van der Waals surface area contributed by atoms with E-state index in [1.54, 1.807) is 10.9 Å². The van der Waals surface area contributed by atoms with Gasteiger partial charge in [0.1, 0.15) is 0 Å². The van der Waals surface area contributed by atoms with Crippen molar-refractivity contribution >= 4 is 17.0 Å². The van der Waals surface area contributed by atoms with E-state index in [1.165, 1.54) is 0 Å². The molecule has 34 heavy (non-hydrogen) atoms. The summed E-state index contributed by atoms with van der Waals surface area (Å²) in [4.78, 5) is 19.9. The third kappa shape index (κ3) is 3.70. The molecule has 0 bridgehead atoms. The molecule has 2 aliphatic rings. The maximum atomic E-state index is 13.0. The van der Waals surface area contributed by atoms with Gasteiger partial charge in [-0.3, -0.25) is 14.5 Å². The molecule has 1 N–H and O–H groups in total. The summed E-state index contributed by atoms with van der Waals surface area (Å²) >= 11 is 0. The Bertz CT molecular complexity index is 1430. The van der Waals surface area contributed by atoms with E-state index in [4.69, 9.17) is 0 Å². The molecule has 0 unspecified atom stereocenters. The van der Waals surface area contributed by atoms with Gasteiger partial charge in [-0.25, -0.2) is 4.52 Å². The fourth-order valence-electron chi connectivity index (χ4n) is 4.95. The average molecular weight is 458 g/mol. The number of nitrogens with zero attached hydrogens (tertiary/aromatic N) is 6. The van der Waals surface area contributed by atoms with Crippen LogP contribution < -0.4 is 5.32 Å². The highest BCUT2D eigenvalue weighted by Gasteiger charge is 2.23. The molecule has 1 aliphatic carbocycles. The van der Waals surface area contributed by atoms with Gasteiger partial charge in [0.15, 0.2) is 0 Å². The monoisotopic (exact) mass is 457 g/mol. The minimum absolute atomic E-state index is 0. The molecule has 4 aromatic rings. The Kier molecular flexibility index (Phi) is 5.03. The molecule has 6 rings (SSSR count). The Hall–Kier alpha value is -3.78. The van der Waals surface area contributed by atoms with Gasteiger partial charge in [-0.2, -0.15) is 10.2 Å². The van der Waals surface area contributed by atoms with Gasteiger partial charge >= 0.3 is 0 Å². The van der Waals surface area contributed by atoms with Crippen molar-refractivity contribution in [2.24, 2.45) is 7.05 Å². The lowest BCUT2D eigenvalue weighted by Crippen LogP contribution is -2.43. The predicted octanol–water partition coefficient (Wildman–Crippen LogP) is 3.43. The summed E-state index contributed by atoms with van der Waals surface area (Å²) in [6.45, 7) is 2.02. The molecule has 8 heteroatoms. The summed E-state index contributed by atoms with van der Waals surface area (Å²) < 4.78 is 3.67. The number of aryl methyl sites for hydroxylation is 1. The van der Waals surface area contributed by atoms with Crippen LogP contribution >= 0.6 is 0 Å². The van der Waals surface area contributed by atoms with E-state index in [2.05, 4.69) is 50.7 Å². The zero-order valence-corrected chi connectivity index (χ0v) is 19.4. The van der Waals surface area contributed by atoms with Crippen molar-refractivity contribution in [3.05, 3.63) is 77.6 Å². The van der Waals surface area contributed by atoms with Gasteiger partial charge in [-0.05, 0) is 62.3 Å². The molecule has 0 radical (unpaired) electrons. The number of aromatic nitrogens is 5. The minimum atomic E-state index is -0.0405. The van der Waals surface area contributed by atoms with E-state index in [9.17, 15) is 4.79 Å². The molecule has 5 heterocycles. The average Bonchev–Trinajstić information content (AvgIpc) is 3.57. The van der Waals surface area contributed by atoms with Crippen LogP contribution in [0.2, 0.25) is 0 Å². The van der Waals surface area contributed by atoms with Gasteiger partial charge in [0, 0.05) is 57.6 Å². The second kappa shape index (κ2) is 8.22. The first-order valence-electron chi connectivity index (χ1n) is 11.7. The third-order valence-electron chi connectivity index (χ3n) is 6.92. The van der Waals surface area contributed by atoms with Gasteiger partial charge in [0.2, 0.25) is 0 Å². The van der Waals surface area contributed by atoms with Crippen LogP contribution in [0.15, 0.2) is 55.3 Å². The van der Waals surface area contributed by atoms with Crippen LogP contribution in [0.4, 0.5) is 0 Å². The van der Waals surface area contributed by atoms with Crippen LogP contribution in [0.25, 0.3) is 22.2 Å². The number of likely N-dealkylation sites (tertiary alicyclic amines) is 1. The Morgan fingerprint density at radius 2 is 1.91 bits per heavy atom. The van der Waals surface area contributed by atoms with Crippen LogP contribution in [0, 0.1) is 0 Å². The Morgan fingerprint density at radius 3 is 2.71 bits per heavy atom. The second-order valence-electron chi connectivity index (χ2n) is 9.30. The molecule has 0 spiro atoms. The maximum absolute atomic E-state index is 13.0. The lowest BCUT2D eigenvalue weighted by atomic mass is 9.99. The molecule has 176 valence electrons. The van der Waals surface area contributed by atoms with Crippen molar-refractivity contribution in [2.45, 2.75) is 25.3 Å². The molecular weight excluding hydrogens is 426 g/mol. The van der Waals surface area contributed by atoms with E-state index in [0.717, 1.165) is 71.4 Å². The SMILES string of the molecule is CN1CCC(NC(=O)c2cnc3c(c2)C(c2ccn4ncc(-c5cnn(C)c5)c4c2)=CC3)CC1.[HH].[HH]. The Labute approximate surface area is 200 Å². The van der Waals surface area contributed by atoms with E-state index >= 15 is 0 Å². The summed E-state index contributed by atoms with van der Waals surface area (Å²) in [5.41, 5.74) is 7.94. The van der Waals surface area contributed by atoms with E-state index in [1.807, 2.05) is 42.4 Å². The van der Waals surface area contributed by atoms with Crippen molar-refractivity contribution in [3.63, 3.8) is 0 Å². The largest absolute Gasteiger partial charge is 0.349 e. The second-order valence-corrected chi connectivity index (χ2v) is 9.30. The topological polar surface area (TPSA) is 80.3 Å². The number of piperidine rings is 1. The molecular formula is C26H31N7O. The highest BCUT2D eigenvalue weighted by atomic mass is 16.1. The van der Waals surface area contributed by atoms with Crippen LogP contribution in [0.3, 0.4) is 0 Å². The van der Waals surface area contributed by atoms with Gasteiger partial charge in [0.25, 0.3) is 5.91 Å². The number of allylic oxidation sites excluding steroid dienone is 1. The van der Waals surface area contributed by atoms with Gasteiger partial charge in [-0.15, -0.1) is 0 Å². The normalized spacial score (nSPS) is 16.6. The van der Waals surface area contributed by atoms with Crippen LogP contribution in [0.5, 0.6) is 0 Å². The lowest BCUT2D eigenvalue weighted by molar-refractivity contribution is 0.0916. The minimum Gasteiger partial charge on any atom is -0.349 e. The first-order chi connectivity index (χ1) is 16.5. The van der Waals surface area contributed by atoms with E-state index < -0.39 is 0 Å². The van der Waals surface area contributed by atoms with Crippen molar-refractivity contribution in [1.29, 1.82) is 0 Å². The number of carbonyl (C=O) groups is 1. The highest BCUT2D eigenvalue weighted by molar-refractivity contribution is 5.96. The Balaban J connectivity index is 0.00000152. The number of rotatable bonds is 4. The smallest absolute Gasteiger partial charge is 0.253 e. The van der Waals surface area contributed by atoms with Crippen LogP contribution in [0.1, 0.15) is 42.9 Å². The number of fused-ring (bicyclic) bond motifs is 2. The first kappa shape index (κ1) is 20.8. The molecule has 4 aromatic heterocycles. The zero-order valence-electron chi connectivity index (χ0n) is 19.4. The summed E-state index contributed by atoms with van der Waals surface area (Å²) in [6.07, 6.45) is 14.3. The molecule has 1 fully saturated rings. The number of amides is 1. The maximum Gasteiger partial charge on any atom is 0.253 e. The summed E-state index contributed by atoms with van der Waals surface area (Å²) in [7, 11) is 4.03. The lowest BCUT2D eigenvalue weighted by Gasteiger charge is -2.29. The number of nitrogens with one attached hydrogen (secondary N) is 1.